The predicted octanol–water partition coefficient (Wildman–Crippen LogP) is 2.46. The van der Waals surface area contributed by atoms with Crippen LogP contribution in [0.2, 0.25) is 0 Å². The number of thiazole rings is 1. The van der Waals surface area contributed by atoms with Crippen LogP contribution < -0.4 is 5.06 Å². The molecule has 3 aliphatic heterocycles. The fourth-order valence-corrected chi connectivity index (χ4v) is 5.31. The van der Waals surface area contributed by atoms with Crippen molar-refractivity contribution in [2.75, 3.05) is 24.7 Å². The maximum Gasteiger partial charge on any atom is 0.301 e. The number of hydrogen-bond donors (Lipinski definition) is 0. The lowest BCUT2D eigenvalue weighted by Gasteiger charge is -2.55. The first-order valence-corrected chi connectivity index (χ1v) is 9.74. The number of anilines is 1. The van der Waals surface area contributed by atoms with E-state index in [-0.39, 0.29) is 12.0 Å². The van der Waals surface area contributed by atoms with E-state index < -0.39 is 0 Å². The Labute approximate surface area is 150 Å². The molecule has 130 valence electrons. The lowest BCUT2D eigenvalue weighted by molar-refractivity contribution is -0.140. The number of carbonyl (C=O) groups excluding carboxylic acids is 1. The first-order chi connectivity index (χ1) is 12.3. The zero-order valence-electron chi connectivity index (χ0n) is 13.8. The number of hydroxylamine groups is 1. The third kappa shape index (κ3) is 2.76. The van der Waals surface area contributed by atoms with E-state index in [2.05, 4.69) is 14.9 Å². The Morgan fingerprint density at radius 2 is 1.96 bits per heavy atom. The molecular formula is C18H20N4O2S. The molecule has 0 spiro atoms. The minimum Gasteiger partial charge on any atom is -0.302 e. The minimum atomic E-state index is -0.207. The highest BCUT2D eigenvalue weighted by atomic mass is 32.1. The van der Waals surface area contributed by atoms with Crippen molar-refractivity contribution in [1.82, 2.24) is 14.9 Å². The maximum atomic E-state index is 13.0. The molecule has 2 aromatic rings. The Morgan fingerprint density at radius 1 is 1.20 bits per heavy atom. The number of amides is 1. The molecule has 0 aromatic carbocycles. The van der Waals surface area contributed by atoms with Gasteiger partial charge in [0.15, 0.2) is 0 Å². The average molecular weight is 356 g/mol. The standard InChI is InChI=1S/C18H20N4O2S/c23-18(16-10-25-11-20-16)22(15-1-3-19-4-2-15)24-17-13-5-12-6-14(17)9-21(7-12)8-13/h1-4,10-14,17H,5-9H2/t12?,13-,14-,17?/m0/s1. The van der Waals surface area contributed by atoms with Gasteiger partial charge < -0.3 is 4.90 Å². The Bertz CT molecular complexity index is 724. The van der Waals surface area contributed by atoms with Crippen LogP contribution in [0.25, 0.3) is 0 Å². The summed E-state index contributed by atoms with van der Waals surface area (Å²) < 4.78 is 0. The molecule has 4 aliphatic rings. The summed E-state index contributed by atoms with van der Waals surface area (Å²) in [5, 5.41) is 3.21. The van der Waals surface area contributed by atoms with E-state index in [0.717, 1.165) is 19.0 Å². The summed E-state index contributed by atoms with van der Waals surface area (Å²) in [6.45, 7) is 3.42. The monoisotopic (exact) mass is 356 g/mol. The van der Waals surface area contributed by atoms with E-state index in [1.54, 1.807) is 23.3 Å². The van der Waals surface area contributed by atoms with E-state index in [9.17, 15) is 4.79 Å². The van der Waals surface area contributed by atoms with Crippen LogP contribution in [-0.2, 0) is 4.84 Å². The zero-order valence-corrected chi connectivity index (χ0v) is 14.6. The normalized spacial score (nSPS) is 32.7. The second-order valence-electron chi connectivity index (χ2n) is 7.32. The summed E-state index contributed by atoms with van der Waals surface area (Å²) >= 11 is 1.42. The van der Waals surface area contributed by atoms with Gasteiger partial charge in [0.25, 0.3) is 0 Å². The van der Waals surface area contributed by atoms with Gasteiger partial charge in [0.2, 0.25) is 0 Å². The first kappa shape index (κ1) is 15.4. The summed E-state index contributed by atoms with van der Waals surface area (Å²) in [5.74, 6) is 1.63. The fourth-order valence-electron chi connectivity index (χ4n) is 4.79. The van der Waals surface area contributed by atoms with Gasteiger partial charge in [0, 0.05) is 49.2 Å². The lowest BCUT2D eigenvalue weighted by Crippen LogP contribution is -2.62. The van der Waals surface area contributed by atoms with Crippen molar-refractivity contribution in [3.8, 4) is 0 Å². The van der Waals surface area contributed by atoms with Crippen LogP contribution in [-0.4, -0.2) is 46.5 Å². The van der Waals surface area contributed by atoms with Crippen molar-refractivity contribution in [2.24, 2.45) is 17.8 Å². The minimum absolute atomic E-state index is 0.101. The molecule has 1 aliphatic carbocycles. The quantitative estimate of drug-likeness (QED) is 0.788. The van der Waals surface area contributed by atoms with E-state index in [4.69, 9.17) is 4.84 Å². The molecule has 2 atom stereocenters. The van der Waals surface area contributed by atoms with Crippen LogP contribution in [0.4, 0.5) is 5.69 Å². The van der Waals surface area contributed by atoms with E-state index >= 15 is 0 Å². The summed E-state index contributed by atoms with van der Waals surface area (Å²) in [6, 6.07) is 3.62. The predicted molar refractivity (Wildman–Crippen MR) is 94.2 cm³/mol. The molecule has 25 heavy (non-hydrogen) atoms. The zero-order chi connectivity index (χ0) is 16.8. The number of carbonyl (C=O) groups is 1. The van der Waals surface area contributed by atoms with Gasteiger partial charge in [0.1, 0.15) is 5.69 Å². The smallest absolute Gasteiger partial charge is 0.301 e. The van der Waals surface area contributed by atoms with Crippen LogP contribution >= 0.6 is 11.3 Å². The van der Waals surface area contributed by atoms with Gasteiger partial charge in [-0.2, -0.15) is 5.06 Å². The van der Waals surface area contributed by atoms with Crippen molar-refractivity contribution in [2.45, 2.75) is 18.9 Å². The molecule has 4 fully saturated rings. The molecule has 1 amide bonds. The van der Waals surface area contributed by atoms with Crippen molar-refractivity contribution in [3.05, 3.63) is 41.1 Å². The fraction of sp³-hybridized carbons (Fsp3) is 0.500. The summed E-state index contributed by atoms with van der Waals surface area (Å²) in [6.07, 6.45) is 5.90. The second kappa shape index (κ2) is 6.16. The highest BCUT2D eigenvalue weighted by Crippen LogP contribution is 2.45. The Morgan fingerprint density at radius 3 is 2.60 bits per heavy atom. The van der Waals surface area contributed by atoms with Crippen molar-refractivity contribution in [1.29, 1.82) is 0 Å². The van der Waals surface area contributed by atoms with E-state index in [0.29, 0.717) is 23.2 Å². The van der Waals surface area contributed by atoms with Gasteiger partial charge in [-0.15, -0.1) is 11.3 Å². The lowest BCUT2D eigenvalue weighted by atomic mass is 9.66. The van der Waals surface area contributed by atoms with Gasteiger partial charge in [-0.25, -0.2) is 4.98 Å². The third-order valence-corrected chi connectivity index (χ3v) is 6.25. The molecule has 0 N–H and O–H groups in total. The van der Waals surface area contributed by atoms with E-state index in [1.165, 1.54) is 35.8 Å². The van der Waals surface area contributed by atoms with Gasteiger partial charge in [-0.3, -0.25) is 14.6 Å². The highest BCUT2D eigenvalue weighted by Gasteiger charge is 2.49. The Balaban J connectivity index is 1.44. The number of rotatable bonds is 4. The van der Waals surface area contributed by atoms with Crippen molar-refractivity contribution < 1.29 is 9.63 Å². The van der Waals surface area contributed by atoms with Gasteiger partial charge in [-0.1, -0.05) is 0 Å². The molecule has 7 heteroatoms. The average Bonchev–Trinajstić information content (AvgIpc) is 3.16. The van der Waals surface area contributed by atoms with Crippen LogP contribution in [0, 0.1) is 17.8 Å². The van der Waals surface area contributed by atoms with E-state index in [1.807, 2.05) is 12.1 Å². The van der Waals surface area contributed by atoms with Gasteiger partial charge in [-0.05, 0) is 30.9 Å². The van der Waals surface area contributed by atoms with Crippen molar-refractivity contribution >= 4 is 22.9 Å². The molecule has 3 saturated heterocycles. The second-order valence-corrected chi connectivity index (χ2v) is 8.04. The topological polar surface area (TPSA) is 58.6 Å². The van der Waals surface area contributed by atoms with Crippen LogP contribution in [0.15, 0.2) is 35.4 Å². The number of pyridine rings is 1. The maximum absolute atomic E-state index is 13.0. The molecule has 4 bridgehead atoms. The molecular weight excluding hydrogens is 336 g/mol. The summed E-state index contributed by atoms with van der Waals surface area (Å²) in [5.41, 5.74) is 2.81. The molecule has 1 saturated carbocycles. The first-order valence-electron chi connectivity index (χ1n) is 8.80. The SMILES string of the molecule is O=C(c1cscn1)N(OC1[C@H]2CC3C[C@H]1CN(C3)C2)c1ccncc1. The Hall–Kier alpha value is -1.83. The molecule has 6 nitrogen and oxygen atoms in total. The van der Waals surface area contributed by atoms with Gasteiger partial charge in [0.05, 0.1) is 17.3 Å². The van der Waals surface area contributed by atoms with Crippen LogP contribution in [0.3, 0.4) is 0 Å². The highest BCUT2D eigenvalue weighted by molar-refractivity contribution is 7.07. The van der Waals surface area contributed by atoms with Crippen molar-refractivity contribution in [3.63, 3.8) is 0 Å². The molecule has 5 heterocycles. The Kier molecular flexibility index (Phi) is 3.80. The number of aromatic nitrogens is 2. The number of nitrogens with zero attached hydrogens (tertiary/aromatic N) is 4. The van der Waals surface area contributed by atoms with Crippen LogP contribution in [0.1, 0.15) is 23.3 Å². The summed E-state index contributed by atoms with van der Waals surface area (Å²) in [4.78, 5) is 30.2. The summed E-state index contributed by atoms with van der Waals surface area (Å²) in [7, 11) is 0. The molecule has 0 unspecified atom stereocenters. The van der Waals surface area contributed by atoms with Crippen LogP contribution in [0.5, 0.6) is 0 Å². The number of hydrogen-bond acceptors (Lipinski definition) is 6. The largest absolute Gasteiger partial charge is 0.302 e. The molecule has 2 aromatic heterocycles. The van der Waals surface area contributed by atoms with Gasteiger partial charge >= 0.3 is 5.91 Å². The molecule has 6 rings (SSSR count). The molecule has 0 radical (unpaired) electrons. The third-order valence-electron chi connectivity index (χ3n) is 5.66. The number of piperidine rings is 3.